The lowest BCUT2D eigenvalue weighted by molar-refractivity contribution is -0.144. The van der Waals surface area contributed by atoms with Crippen molar-refractivity contribution in [2.75, 3.05) is 20.7 Å². The molecule has 0 bridgehead atoms. The predicted molar refractivity (Wildman–Crippen MR) is 49.1 cm³/mol. The summed E-state index contributed by atoms with van der Waals surface area (Å²) in [5.74, 6) is -0.719. The van der Waals surface area contributed by atoms with Gasteiger partial charge in [0.1, 0.15) is 6.42 Å². The molecular weight excluding hydrogens is 170 g/mol. The van der Waals surface area contributed by atoms with E-state index < -0.39 is 5.97 Å². The maximum atomic E-state index is 11.0. The minimum absolute atomic E-state index is 0.182. The van der Waals surface area contributed by atoms with Gasteiger partial charge in [0, 0.05) is 20.3 Å². The molecule has 13 heavy (non-hydrogen) atoms. The molecule has 0 saturated carbocycles. The third-order valence-electron chi connectivity index (χ3n) is 1.18. The predicted octanol–water partition coefficient (Wildman–Crippen LogP) is 0.584. The van der Waals surface area contributed by atoms with E-state index in [0.717, 1.165) is 0 Å². The van der Waals surface area contributed by atoms with Crippen molar-refractivity contribution >= 4 is 11.8 Å². The standard InChI is InChI=1S/C9H15NO3/c1-4-13-9(12)7-8(11)5-6-10(2)3/h5-6H,4,7H2,1-3H3. The lowest BCUT2D eigenvalue weighted by Gasteiger charge is -2.02. The van der Waals surface area contributed by atoms with Gasteiger partial charge in [0.2, 0.25) is 0 Å². The molecule has 0 aromatic rings. The number of hydrogen-bond acceptors (Lipinski definition) is 4. The Morgan fingerprint density at radius 3 is 2.46 bits per heavy atom. The molecule has 4 heteroatoms. The molecule has 0 unspecified atom stereocenters. The molecule has 0 saturated heterocycles. The number of nitrogens with zero attached hydrogens (tertiary/aromatic N) is 1. The monoisotopic (exact) mass is 185 g/mol. The molecule has 0 spiro atoms. The summed E-state index contributed by atoms with van der Waals surface area (Å²) in [7, 11) is 3.60. The van der Waals surface area contributed by atoms with E-state index >= 15 is 0 Å². The normalized spacial score (nSPS) is 10.1. The molecule has 0 N–H and O–H groups in total. The second-order valence-corrected chi connectivity index (χ2v) is 2.73. The van der Waals surface area contributed by atoms with Crippen molar-refractivity contribution in [1.82, 2.24) is 4.90 Å². The Morgan fingerprint density at radius 2 is 2.00 bits per heavy atom. The molecular formula is C9H15NO3. The highest BCUT2D eigenvalue weighted by atomic mass is 16.5. The van der Waals surface area contributed by atoms with Gasteiger partial charge in [-0.05, 0) is 13.0 Å². The molecule has 0 aromatic carbocycles. The number of hydrogen-bond donors (Lipinski definition) is 0. The molecule has 0 rings (SSSR count). The maximum absolute atomic E-state index is 11.0. The van der Waals surface area contributed by atoms with E-state index in [9.17, 15) is 9.59 Å². The average molecular weight is 185 g/mol. The van der Waals surface area contributed by atoms with Gasteiger partial charge in [-0.2, -0.15) is 0 Å². The van der Waals surface area contributed by atoms with Gasteiger partial charge in [-0.25, -0.2) is 0 Å². The van der Waals surface area contributed by atoms with Crippen LogP contribution in [0.25, 0.3) is 0 Å². The molecule has 0 aromatic heterocycles. The van der Waals surface area contributed by atoms with E-state index in [1.807, 2.05) is 0 Å². The zero-order valence-electron chi connectivity index (χ0n) is 8.24. The highest BCUT2D eigenvalue weighted by Gasteiger charge is 2.06. The Hall–Kier alpha value is -1.32. The van der Waals surface area contributed by atoms with Crippen LogP contribution in [0.2, 0.25) is 0 Å². The minimum atomic E-state index is -0.476. The lowest BCUT2D eigenvalue weighted by Crippen LogP contribution is -2.10. The van der Waals surface area contributed by atoms with E-state index in [1.54, 1.807) is 32.1 Å². The Morgan fingerprint density at radius 1 is 1.38 bits per heavy atom. The van der Waals surface area contributed by atoms with Crippen LogP contribution in [-0.2, 0) is 14.3 Å². The summed E-state index contributed by atoms with van der Waals surface area (Å²) in [5.41, 5.74) is 0. The third kappa shape index (κ3) is 7.05. The molecule has 0 aliphatic carbocycles. The van der Waals surface area contributed by atoms with Crippen molar-refractivity contribution < 1.29 is 14.3 Å². The summed E-state index contributed by atoms with van der Waals surface area (Å²) in [5, 5.41) is 0. The van der Waals surface area contributed by atoms with Crippen LogP contribution in [0.3, 0.4) is 0 Å². The van der Waals surface area contributed by atoms with Crippen molar-refractivity contribution in [3.63, 3.8) is 0 Å². The Bertz CT molecular complexity index is 209. The maximum Gasteiger partial charge on any atom is 0.313 e. The van der Waals surface area contributed by atoms with Gasteiger partial charge in [-0.15, -0.1) is 0 Å². The quantitative estimate of drug-likeness (QED) is 0.357. The van der Waals surface area contributed by atoms with Crippen molar-refractivity contribution in [3.05, 3.63) is 12.3 Å². The van der Waals surface area contributed by atoms with Gasteiger partial charge in [0.25, 0.3) is 0 Å². The number of allylic oxidation sites excluding steroid dienone is 1. The molecule has 0 aliphatic rings. The first-order valence-corrected chi connectivity index (χ1v) is 4.09. The largest absolute Gasteiger partial charge is 0.466 e. The van der Waals surface area contributed by atoms with Crippen molar-refractivity contribution in [3.8, 4) is 0 Å². The van der Waals surface area contributed by atoms with Crippen LogP contribution in [0.5, 0.6) is 0 Å². The summed E-state index contributed by atoms with van der Waals surface area (Å²) >= 11 is 0. The summed E-state index contributed by atoms with van der Waals surface area (Å²) < 4.78 is 4.61. The highest BCUT2D eigenvalue weighted by molar-refractivity contribution is 6.01. The number of carbonyl (C=O) groups is 2. The fourth-order valence-electron chi connectivity index (χ4n) is 0.645. The fourth-order valence-corrected chi connectivity index (χ4v) is 0.645. The molecule has 0 amide bonds. The molecule has 0 atom stereocenters. The van der Waals surface area contributed by atoms with Crippen LogP contribution in [-0.4, -0.2) is 37.4 Å². The Kier molecular flexibility index (Phi) is 5.59. The fraction of sp³-hybridized carbons (Fsp3) is 0.556. The molecule has 4 nitrogen and oxygen atoms in total. The van der Waals surface area contributed by atoms with Crippen molar-refractivity contribution in [2.45, 2.75) is 13.3 Å². The van der Waals surface area contributed by atoms with Crippen molar-refractivity contribution in [1.29, 1.82) is 0 Å². The number of esters is 1. The summed E-state index contributed by atoms with van der Waals surface area (Å²) in [6.07, 6.45) is 2.77. The van der Waals surface area contributed by atoms with E-state index in [0.29, 0.717) is 6.61 Å². The number of ketones is 1. The van der Waals surface area contributed by atoms with Gasteiger partial charge < -0.3 is 9.64 Å². The van der Waals surface area contributed by atoms with Gasteiger partial charge in [0.05, 0.1) is 6.61 Å². The summed E-state index contributed by atoms with van der Waals surface area (Å²) in [4.78, 5) is 23.6. The number of ether oxygens (including phenoxy) is 1. The van der Waals surface area contributed by atoms with Crippen LogP contribution < -0.4 is 0 Å². The van der Waals surface area contributed by atoms with Gasteiger partial charge in [-0.1, -0.05) is 0 Å². The van der Waals surface area contributed by atoms with Gasteiger partial charge >= 0.3 is 5.97 Å². The zero-order valence-corrected chi connectivity index (χ0v) is 8.24. The van der Waals surface area contributed by atoms with E-state index in [-0.39, 0.29) is 12.2 Å². The van der Waals surface area contributed by atoms with Gasteiger partial charge in [-0.3, -0.25) is 9.59 Å². The topological polar surface area (TPSA) is 46.6 Å². The van der Waals surface area contributed by atoms with Crippen LogP contribution in [0.15, 0.2) is 12.3 Å². The van der Waals surface area contributed by atoms with E-state index in [1.165, 1.54) is 6.08 Å². The smallest absolute Gasteiger partial charge is 0.313 e. The van der Waals surface area contributed by atoms with Gasteiger partial charge in [0.15, 0.2) is 5.78 Å². The lowest BCUT2D eigenvalue weighted by atomic mass is 10.3. The highest BCUT2D eigenvalue weighted by Crippen LogP contribution is 1.91. The number of carbonyl (C=O) groups excluding carboxylic acids is 2. The number of rotatable bonds is 5. The molecule has 74 valence electrons. The minimum Gasteiger partial charge on any atom is -0.466 e. The van der Waals surface area contributed by atoms with Crippen molar-refractivity contribution in [2.24, 2.45) is 0 Å². The zero-order chi connectivity index (χ0) is 10.3. The Balaban J connectivity index is 3.81. The van der Waals surface area contributed by atoms with E-state index in [2.05, 4.69) is 4.74 Å². The summed E-state index contributed by atoms with van der Waals surface area (Å²) in [6.45, 7) is 2.02. The molecule has 0 fully saturated rings. The first-order chi connectivity index (χ1) is 6.06. The van der Waals surface area contributed by atoms with Crippen LogP contribution in [0.4, 0.5) is 0 Å². The third-order valence-corrected chi connectivity index (χ3v) is 1.18. The van der Waals surface area contributed by atoms with E-state index in [4.69, 9.17) is 0 Å². The first-order valence-electron chi connectivity index (χ1n) is 4.09. The van der Waals surface area contributed by atoms with Crippen LogP contribution in [0, 0.1) is 0 Å². The van der Waals surface area contributed by atoms with Crippen LogP contribution in [0.1, 0.15) is 13.3 Å². The average Bonchev–Trinajstić information content (AvgIpc) is 2.01. The first kappa shape index (κ1) is 11.7. The van der Waals surface area contributed by atoms with Crippen LogP contribution >= 0.6 is 0 Å². The Labute approximate surface area is 78.2 Å². The SMILES string of the molecule is CCOC(=O)CC(=O)C=CN(C)C. The molecule has 0 heterocycles. The second kappa shape index (κ2) is 6.22. The molecule has 0 radical (unpaired) electrons. The molecule has 0 aliphatic heterocycles. The second-order valence-electron chi connectivity index (χ2n) is 2.73. The summed E-state index contributed by atoms with van der Waals surface area (Å²) in [6, 6.07) is 0.